The van der Waals surface area contributed by atoms with Crippen molar-refractivity contribution in [2.45, 2.75) is 6.18 Å². The molecule has 1 aromatic carbocycles. The van der Waals surface area contributed by atoms with Crippen LogP contribution < -0.4 is 5.32 Å². The van der Waals surface area contributed by atoms with Crippen LogP contribution in [0.3, 0.4) is 0 Å². The van der Waals surface area contributed by atoms with Crippen molar-refractivity contribution in [3.63, 3.8) is 0 Å². The molecule has 0 saturated carbocycles. The topological polar surface area (TPSA) is 35.6 Å². The van der Waals surface area contributed by atoms with Gasteiger partial charge >= 0.3 is 12.2 Å². The minimum Gasteiger partial charge on any atom is -0.322 e. The van der Waals surface area contributed by atoms with Gasteiger partial charge in [0, 0.05) is 30.7 Å². The Morgan fingerprint density at radius 3 is 2.43 bits per heavy atom. The summed E-state index contributed by atoms with van der Waals surface area (Å²) in [6.07, 6.45) is -4.26. The van der Waals surface area contributed by atoms with Crippen LogP contribution in [0.25, 0.3) is 0 Å². The number of halogens is 6. The summed E-state index contributed by atoms with van der Waals surface area (Å²) in [6, 6.07) is 2.26. The summed E-state index contributed by atoms with van der Waals surface area (Å²) in [6.45, 7) is -0.520. The SMILES string of the molecule is O=C(Nc1ccc(Br)c(Cl)c1F)N1CCN(CC(F)(F)F)CC1. The Morgan fingerprint density at radius 2 is 1.87 bits per heavy atom. The Labute approximate surface area is 143 Å². The number of rotatable bonds is 2. The Balaban J connectivity index is 1.92. The highest BCUT2D eigenvalue weighted by atomic mass is 79.9. The van der Waals surface area contributed by atoms with E-state index < -0.39 is 24.6 Å². The number of urea groups is 1. The van der Waals surface area contributed by atoms with E-state index in [0.29, 0.717) is 4.47 Å². The molecule has 0 aromatic heterocycles. The Bertz CT molecular complexity index is 591. The molecular formula is C13H13BrClF4N3O. The van der Waals surface area contributed by atoms with Gasteiger partial charge in [0.15, 0.2) is 5.82 Å². The molecule has 2 amide bonds. The Morgan fingerprint density at radius 1 is 1.26 bits per heavy atom. The zero-order chi connectivity index (χ0) is 17.2. The molecule has 1 N–H and O–H groups in total. The summed E-state index contributed by atoms with van der Waals surface area (Å²) in [7, 11) is 0. The summed E-state index contributed by atoms with van der Waals surface area (Å²) in [5.41, 5.74) is -0.0825. The molecule has 0 atom stereocenters. The van der Waals surface area contributed by atoms with Crippen molar-refractivity contribution >= 4 is 39.2 Å². The second kappa shape index (κ2) is 7.23. The molecule has 1 saturated heterocycles. The monoisotopic (exact) mass is 417 g/mol. The van der Waals surface area contributed by atoms with E-state index in [1.165, 1.54) is 21.9 Å². The average molecular weight is 419 g/mol. The number of amides is 2. The summed E-state index contributed by atoms with van der Waals surface area (Å²) in [5, 5.41) is 2.22. The fourth-order valence-electron chi connectivity index (χ4n) is 2.18. The highest BCUT2D eigenvalue weighted by molar-refractivity contribution is 9.10. The van der Waals surface area contributed by atoms with Crippen molar-refractivity contribution in [3.05, 3.63) is 27.4 Å². The number of anilines is 1. The molecule has 0 spiro atoms. The summed E-state index contributed by atoms with van der Waals surface area (Å²) in [5.74, 6) is -0.773. The van der Waals surface area contributed by atoms with Crippen LogP contribution in [0.5, 0.6) is 0 Å². The van der Waals surface area contributed by atoms with Gasteiger partial charge in [0.25, 0.3) is 0 Å². The number of nitrogens with zero attached hydrogens (tertiary/aromatic N) is 2. The first-order valence-corrected chi connectivity index (χ1v) is 7.83. The van der Waals surface area contributed by atoms with Crippen LogP contribution in [0.1, 0.15) is 0 Å². The Hall–Kier alpha value is -1.06. The number of carbonyl (C=O) groups is 1. The maximum Gasteiger partial charge on any atom is 0.401 e. The van der Waals surface area contributed by atoms with Crippen LogP contribution in [-0.2, 0) is 0 Å². The van der Waals surface area contributed by atoms with Crippen molar-refractivity contribution in [2.75, 3.05) is 38.0 Å². The van der Waals surface area contributed by atoms with E-state index in [1.807, 2.05) is 0 Å². The van der Waals surface area contributed by atoms with Crippen LogP contribution in [0.4, 0.5) is 28.0 Å². The third-order valence-electron chi connectivity index (χ3n) is 3.34. The van der Waals surface area contributed by atoms with Crippen LogP contribution in [0.15, 0.2) is 16.6 Å². The second-order valence-electron chi connectivity index (χ2n) is 5.03. The first-order chi connectivity index (χ1) is 10.7. The maximum atomic E-state index is 13.9. The van der Waals surface area contributed by atoms with Gasteiger partial charge in [-0.3, -0.25) is 4.90 Å². The van der Waals surface area contributed by atoms with Gasteiger partial charge in [0.05, 0.1) is 17.3 Å². The van der Waals surface area contributed by atoms with Crippen LogP contribution in [0, 0.1) is 5.82 Å². The Kier molecular flexibility index (Phi) is 5.74. The van der Waals surface area contributed by atoms with Gasteiger partial charge in [-0.05, 0) is 28.1 Å². The standard InChI is InChI=1S/C13H13BrClF4N3O/c14-8-1-2-9(11(16)10(8)15)20-12(23)22-5-3-21(4-6-22)7-13(17,18)19/h1-2H,3-7H2,(H,20,23). The number of hydrogen-bond donors (Lipinski definition) is 1. The normalized spacial score (nSPS) is 16.5. The molecule has 1 heterocycles. The number of carbonyl (C=O) groups excluding carboxylic acids is 1. The van der Waals surface area contributed by atoms with E-state index in [1.54, 1.807) is 0 Å². The van der Waals surface area contributed by atoms with Gasteiger partial charge in [-0.2, -0.15) is 13.2 Å². The predicted octanol–water partition coefficient (Wildman–Crippen LogP) is 3.95. The average Bonchev–Trinajstić information content (AvgIpc) is 2.47. The molecule has 23 heavy (non-hydrogen) atoms. The molecule has 0 bridgehead atoms. The summed E-state index contributed by atoms with van der Waals surface area (Å²) < 4.78 is 51.2. The highest BCUT2D eigenvalue weighted by Gasteiger charge is 2.33. The molecule has 1 aliphatic rings. The summed E-state index contributed by atoms with van der Waals surface area (Å²) >= 11 is 8.79. The van der Waals surface area contributed by atoms with Crippen LogP contribution in [0.2, 0.25) is 5.02 Å². The van der Waals surface area contributed by atoms with E-state index in [9.17, 15) is 22.4 Å². The smallest absolute Gasteiger partial charge is 0.322 e. The zero-order valence-electron chi connectivity index (χ0n) is 11.8. The maximum absolute atomic E-state index is 13.9. The van der Waals surface area contributed by atoms with Gasteiger partial charge < -0.3 is 10.2 Å². The van der Waals surface area contributed by atoms with Crippen molar-refractivity contribution < 1.29 is 22.4 Å². The molecule has 0 aliphatic carbocycles. The van der Waals surface area contributed by atoms with Gasteiger partial charge in [-0.1, -0.05) is 11.6 Å². The van der Waals surface area contributed by atoms with E-state index in [2.05, 4.69) is 21.2 Å². The lowest BCUT2D eigenvalue weighted by Gasteiger charge is -2.34. The lowest BCUT2D eigenvalue weighted by Crippen LogP contribution is -2.52. The number of alkyl halides is 3. The summed E-state index contributed by atoms with van der Waals surface area (Å²) in [4.78, 5) is 14.6. The minimum atomic E-state index is -4.26. The molecule has 1 fully saturated rings. The lowest BCUT2D eigenvalue weighted by molar-refractivity contribution is -0.148. The van der Waals surface area contributed by atoms with E-state index in [-0.39, 0.29) is 36.9 Å². The first kappa shape index (κ1) is 18.3. The highest BCUT2D eigenvalue weighted by Crippen LogP contribution is 2.30. The van der Waals surface area contributed by atoms with Crippen LogP contribution in [-0.4, -0.2) is 54.7 Å². The predicted molar refractivity (Wildman–Crippen MR) is 82.2 cm³/mol. The number of nitrogens with one attached hydrogen (secondary N) is 1. The van der Waals surface area contributed by atoms with Crippen molar-refractivity contribution in [2.24, 2.45) is 0 Å². The molecule has 0 unspecified atom stereocenters. The number of hydrogen-bond acceptors (Lipinski definition) is 2. The van der Waals surface area contributed by atoms with Crippen molar-refractivity contribution in [1.29, 1.82) is 0 Å². The molecule has 4 nitrogen and oxygen atoms in total. The van der Waals surface area contributed by atoms with Crippen LogP contribution >= 0.6 is 27.5 Å². The fraction of sp³-hybridized carbons (Fsp3) is 0.462. The minimum absolute atomic E-state index is 0.0825. The molecule has 1 aliphatic heterocycles. The zero-order valence-corrected chi connectivity index (χ0v) is 14.1. The van der Waals surface area contributed by atoms with Gasteiger partial charge in [-0.15, -0.1) is 0 Å². The number of benzene rings is 1. The molecule has 10 heteroatoms. The van der Waals surface area contributed by atoms with E-state index in [0.717, 1.165) is 0 Å². The van der Waals surface area contributed by atoms with E-state index in [4.69, 9.17) is 11.6 Å². The largest absolute Gasteiger partial charge is 0.401 e. The van der Waals surface area contributed by atoms with Crippen molar-refractivity contribution in [1.82, 2.24) is 9.80 Å². The molecule has 1 aromatic rings. The molecule has 2 rings (SSSR count). The van der Waals surface area contributed by atoms with Gasteiger partial charge in [-0.25, -0.2) is 9.18 Å². The second-order valence-corrected chi connectivity index (χ2v) is 6.26. The van der Waals surface area contributed by atoms with Gasteiger partial charge in [0.1, 0.15) is 0 Å². The third kappa shape index (κ3) is 4.95. The molecular weight excluding hydrogens is 406 g/mol. The molecule has 128 valence electrons. The van der Waals surface area contributed by atoms with Gasteiger partial charge in [0.2, 0.25) is 0 Å². The quantitative estimate of drug-likeness (QED) is 0.583. The third-order valence-corrected chi connectivity index (χ3v) is 4.60. The molecule has 0 radical (unpaired) electrons. The number of piperazine rings is 1. The fourth-order valence-corrected chi connectivity index (χ4v) is 2.65. The lowest BCUT2D eigenvalue weighted by atomic mass is 10.3. The first-order valence-electron chi connectivity index (χ1n) is 6.66. The van der Waals surface area contributed by atoms with Crippen molar-refractivity contribution in [3.8, 4) is 0 Å². The van der Waals surface area contributed by atoms with E-state index >= 15 is 0 Å².